The molecule has 0 radical (unpaired) electrons. The van der Waals surface area contributed by atoms with Crippen molar-refractivity contribution >= 4 is 17.9 Å². The fourth-order valence-corrected chi connectivity index (χ4v) is 3.49. The summed E-state index contributed by atoms with van der Waals surface area (Å²) in [6.45, 7) is 12.9. The molecule has 0 unspecified atom stereocenters. The molecule has 0 atom stereocenters. The summed E-state index contributed by atoms with van der Waals surface area (Å²) in [7, 11) is 0. The van der Waals surface area contributed by atoms with Crippen LogP contribution in [0.5, 0.6) is 0 Å². The van der Waals surface area contributed by atoms with Gasteiger partial charge in [-0.05, 0) is 68.1 Å². The fourth-order valence-electron chi connectivity index (χ4n) is 3.49. The molecule has 30 heavy (non-hydrogen) atoms. The summed E-state index contributed by atoms with van der Waals surface area (Å²) in [6.07, 6.45) is 1.90. The van der Waals surface area contributed by atoms with E-state index in [-0.39, 0.29) is 11.4 Å². The lowest BCUT2D eigenvalue weighted by atomic mass is 9.87. The summed E-state index contributed by atoms with van der Waals surface area (Å²) in [5.74, 6) is -0.303. The van der Waals surface area contributed by atoms with E-state index >= 15 is 0 Å². The van der Waals surface area contributed by atoms with Crippen LogP contribution in [0, 0.1) is 13.8 Å². The first kappa shape index (κ1) is 21.6. The van der Waals surface area contributed by atoms with Crippen LogP contribution >= 0.6 is 0 Å². The Balaban J connectivity index is 1.88. The van der Waals surface area contributed by atoms with Crippen LogP contribution in [-0.2, 0) is 10.2 Å². The van der Waals surface area contributed by atoms with E-state index in [2.05, 4.69) is 74.5 Å². The monoisotopic (exact) mass is 402 g/mol. The fraction of sp³-hybridized carbons (Fsp3) is 0.308. The van der Waals surface area contributed by atoms with Gasteiger partial charge in [0, 0.05) is 28.9 Å². The minimum atomic E-state index is -0.303. The maximum Gasteiger partial charge on any atom is 0.338 e. The highest BCUT2D eigenvalue weighted by Crippen LogP contribution is 2.25. The van der Waals surface area contributed by atoms with Gasteiger partial charge >= 0.3 is 5.97 Å². The minimum absolute atomic E-state index is 0.130. The number of nitrogens with zero attached hydrogens (tertiary/aromatic N) is 2. The molecule has 0 fully saturated rings. The summed E-state index contributed by atoms with van der Waals surface area (Å²) < 4.78 is 7.26. The van der Waals surface area contributed by atoms with Crippen LogP contribution in [0.2, 0.25) is 0 Å². The molecule has 0 saturated carbocycles. The summed E-state index contributed by atoms with van der Waals surface area (Å²) in [4.78, 5) is 16.8. The first-order valence-corrected chi connectivity index (χ1v) is 10.3. The zero-order valence-electron chi connectivity index (χ0n) is 18.7. The molecule has 1 heterocycles. The second-order valence-electron chi connectivity index (χ2n) is 8.49. The van der Waals surface area contributed by atoms with Gasteiger partial charge in [0.15, 0.2) is 0 Å². The van der Waals surface area contributed by atoms with E-state index in [0.29, 0.717) is 12.2 Å². The third-order valence-electron chi connectivity index (χ3n) is 5.17. The van der Waals surface area contributed by atoms with Gasteiger partial charge in [-0.15, -0.1) is 0 Å². The second-order valence-corrected chi connectivity index (χ2v) is 8.49. The topological polar surface area (TPSA) is 43.6 Å². The summed E-state index contributed by atoms with van der Waals surface area (Å²) in [5, 5.41) is 0. The van der Waals surface area contributed by atoms with Crippen LogP contribution in [0.3, 0.4) is 0 Å². The Morgan fingerprint density at radius 2 is 1.77 bits per heavy atom. The average molecular weight is 403 g/mol. The van der Waals surface area contributed by atoms with Gasteiger partial charge in [-0.3, -0.25) is 4.99 Å². The number of benzene rings is 2. The lowest BCUT2D eigenvalue weighted by Crippen LogP contribution is -2.10. The molecule has 0 amide bonds. The molecule has 1 aromatic heterocycles. The predicted octanol–water partition coefficient (Wildman–Crippen LogP) is 6.32. The average Bonchev–Trinajstić information content (AvgIpc) is 2.99. The van der Waals surface area contributed by atoms with Gasteiger partial charge < -0.3 is 9.30 Å². The van der Waals surface area contributed by atoms with Crippen LogP contribution in [0.25, 0.3) is 5.69 Å². The number of aliphatic imine (C=N–C) groups is 1. The number of hydrogen-bond acceptors (Lipinski definition) is 3. The number of aryl methyl sites for hydroxylation is 1. The molecular formula is C26H30N2O2. The quantitative estimate of drug-likeness (QED) is 0.370. The van der Waals surface area contributed by atoms with Crippen molar-refractivity contribution in [2.45, 2.75) is 47.0 Å². The molecule has 0 aliphatic rings. The zero-order valence-corrected chi connectivity index (χ0v) is 18.7. The van der Waals surface area contributed by atoms with Gasteiger partial charge in [-0.1, -0.05) is 39.0 Å². The predicted molar refractivity (Wildman–Crippen MR) is 124 cm³/mol. The summed E-state index contributed by atoms with van der Waals surface area (Å²) in [5.41, 5.74) is 7.04. The van der Waals surface area contributed by atoms with Crippen LogP contribution in [0.15, 0.2) is 59.6 Å². The minimum Gasteiger partial charge on any atom is -0.462 e. The normalized spacial score (nSPS) is 11.8. The van der Waals surface area contributed by atoms with Crippen LogP contribution in [0.1, 0.15) is 60.6 Å². The van der Waals surface area contributed by atoms with Gasteiger partial charge in [0.2, 0.25) is 0 Å². The Morgan fingerprint density at radius 1 is 1.07 bits per heavy atom. The number of ether oxygens (including phenoxy) is 1. The van der Waals surface area contributed by atoms with Crippen LogP contribution in [0.4, 0.5) is 5.69 Å². The van der Waals surface area contributed by atoms with E-state index in [1.54, 1.807) is 6.07 Å². The van der Waals surface area contributed by atoms with Crippen LogP contribution in [-0.4, -0.2) is 23.4 Å². The van der Waals surface area contributed by atoms with E-state index in [0.717, 1.165) is 28.3 Å². The first-order valence-electron chi connectivity index (χ1n) is 10.3. The smallest absolute Gasteiger partial charge is 0.338 e. The van der Waals surface area contributed by atoms with Crippen molar-refractivity contribution in [2.75, 3.05) is 6.61 Å². The molecule has 0 N–H and O–H groups in total. The Labute approximate surface area is 179 Å². The lowest BCUT2D eigenvalue weighted by molar-refractivity contribution is 0.0526. The molecule has 0 bridgehead atoms. The van der Waals surface area contributed by atoms with E-state index < -0.39 is 0 Å². The van der Waals surface area contributed by atoms with E-state index in [4.69, 9.17) is 4.74 Å². The number of hydrogen-bond donors (Lipinski definition) is 0. The molecule has 156 valence electrons. The van der Waals surface area contributed by atoms with Gasteiger partial charge in [-0.25, -0.2) is 4.79 Å². The summed E-state index contributed by atoms with van der Waals surface area (Å²) >= 11 is 0. The van der Waals surface area contributed by atoms with E-state index in [9.17, 15) is 4.79 Å². The lowest BCUT2D eigenvalue weighted by Gasteiger charge is -2.18. The van der Waals surface area contributed by atoms with Gasteiger partial charge in [0.05, 0.1) is 17.9 Å². The SMILES string of the molecule is CCOC(=O)c1cccc(-n2c(C)cc(C=Nc3ccc(C(C)(C)C)cc3)c2C)c1. The van der Waals surface area contributed by atoms with Crippen molar-refractivity contribution in [3.05, 3.63) is 82.7 Å². The molecule has 4 nitrogen and oxygen atoms in total. The third-order valence-corrected chi connectivity index (χ3v) is 5.17. The molecule has 2 aromatic carbocycles. The molecule has 0 aliphatic heterocycles. The van der Waals surface area contributed by atoms with Crippen molar-refractivity contribution < 1.29 is 9.53 Å². The summed E-state index contributed by atoms with van der Waals surface area (Å²) in [6, 6.07) is 18.0. The second kappa shape index (κ2) is 8.70. The number of carbonyl (C=O) groups excluding carboxylic acids is 1. The maximum atomic E-state index is 12.1. The third kappa shape index (κ3) is 4.70. The standard InChI is InChI=1S/C26H30N2O2/c1-7-30-25(29)20-9-8-10-24(16-20)28-18(2)15-21(19(28)3)17-27-23-13-11-22(12-14-23)26(4,5)6/h8-17H,7H2,1-6H3. The molecule has 0 saturated heterocycles. The zero-order chi connectivity index (χ0) is 21.9. The van der Waals surface area contributed by atoms with Gasteiger partial charge in [0.25, 0.3) is 0 Å². The van der Waals surface area contributed by atoms with Crippen molar-refractivity contribution in [1.29, 1.82) is 0 Å². The maximum absolute atomic E-state index is 12.1. The van der Waals surface area contributed by atoms with Crippen molar-refractivity contribution in [3.63, 3.8) is 0 Å². The Kier molecular flexibility index (Phi) is 6.25. The number of esters is 1. The highest BCUT2D eigenvalue weighted by Gasteiger charge is 2.14. The Morgan fingerprint density at radius 3 is 2.40 bits per heavy atom. The Hall–Kier alpha value is -3.14. The number of carbonyl (C=O) groups is 1. The highest BCUT2D eigenvalue weighted by molar-refractivity contribution is 5.90. The first-order chi connectivity index (χ1) is 14.2. The molecule has 4 heteroatoms. The van der Waals surface area contributed by atoms with Gasteiger partial charge in [-0.2, -0.15) is 0 Å². The molecule has 3 aromatic rings. The van der Waals surface area contributed by atoms with E-state index in [1.165, 1.54) is 5.56 Å². The van der Waals surface area contributed by atoms with Crippen molar-refractivity contribution in [2.24, 2.45) is 4.99 Å². The van der Waals surface area contributed by atoms with Gasteiger partial charge in [0.1, 0.15) is 0 Å². The Bertz CT molecular complexity index is 1070. The largest absolute Gasteiger partial charge is 0.462 e. The molecular weight excluding hydrogens is 372 g/mol. The highest BCUT2D eigenvalue weighted by atomic mass is 16.5. The molecule has 3 rings (SSSR count). The number of aromatic nitrogens is 1. The van der Waals surface area contributed by atoms with Crippen molar-refractivity contribution in [1.82, 2.24) is 4.57 Å². The molecule has 0 spiro atoms. The number of rotatable bonds is 5. The van der Waals surface area contributed by atoms with E-state index in [1.807, 2.05) is 31.3 Å². The molecule has 0 aliphatic carbocycles. The van der Waals surface area contributed by atoms with Crippen molar-refractivity contribution in [3.8, 4) is 5.69 Å². The van der Waals surface area contributed by atoms with Crippen LogP contribution < -0.4 is 0 Å².